The standard InChI is InChI=1S/C81H152O17P2/c1-5-9-13-17-21-25-29-33-37-41-45-49-53-57-61-65-78(83)91-71-76(97-80(85)67-63-59-55-51-47-43-39-35-31-27-23-19-15-11-7-3)73-95-99(87,88)93-69-75(82)70-94-100(89,90)96-74-77(98-81(86)68-64-60-56-52-48-44-40-36-32-28-24-20-16-12-8-4)72-92-79(84)66-62-58-54-50-46-42-38-34-30-26-22-18-14-10-6-2/h23,27,33,35,37,39,75-77,82H,5-22,24-26,28-32,34,36,38,40-74H2,1-4H3,(H,87,88)(H,89,90)/b27-23-,37-33-,39-35-/t75-,76-,77-/m1/s1. The third-order valence-corrected chi connectivity index (χ3v) is 20.0. The Bertz CT molecular complexity index is 2040. The van der Waals surface area contributed by atoms with E-state index >= 15 is 0 Å². The Morgan fingerprint density at radius 3 is 0.770 bits per heavy atom. The molecule has 0 aromatic heterocycles. The summed E-state index contributed by atoms with van der Waals surface area (Å²) in [6.07, 6.45) is 71.1. The largest absolute Gasteiger partial charge is 0.472 e. The van der Waals surface area contributed by atoms with Crippen molar-refractivity contribution in [3.63, 3.8) is 0 Å². The Balaban J connectivity index is 5.32. The normalized spacial score (nSPS) is 14.0. The summed E-state index contributed by atoms with van der Waals surface area (Å²) in [6.45, 7) is 4.93. The van der Waals surface area contributed by atoms with Gasteiger partial charge in [0, 0.05) is 25.7 Å². The average Bonchev–Trinajstić information content (AvgIpc) is 1.25. The topological polar surface area (TPSA) is 237 Å². The van der Waals surface area contributed by atoms with Crippen LogP contribution in [0.3, 0.4) is 0 Å². The van der Waals surface area contributed by atoms with Crippen molar-refractivity contribution in [2.45, 2.75) is 418 Å². The van der Waals surface area contributed by atoms with Gasteiger partial charge in [-0.15, -0.1) is 0 Å². The first kappa shape index (κ1) is 97.3. The molecule has 0 aliphatic heterocycles. The van der Waals surface area contributed by atoms with Gasteiger partial charge in [0.2, 0.25) is 0 Å². The smallest absolute Gasteiger partial charge is 0.462 e. The summed E-state index contributed by atoms with van der Waals surface area (Å²) in [5.41, 5.74) is 0. The predicted octanol–water partition coefficient (Wildman–Crippen LogP) is 23.9. The molecule has 0 aromatic carbocycles. The number of ether oxygens (including phenoxy) is 4. The van der Waals surface area contributed by atoms with Gasteiger partial charge in [0.1, 0.15) is 19.3 Å². The minimum atomic E-state index is -4.97. The first-order valence-corrected chi connectivity index (χ1v) is 44.2. The molecule has 0 aliphatic carbocycles. The summed E-state index contributed by atoms with van der Waals surface area (Å²) in [7, 11) is -9.94. The van der Waals surface area contributed by atoms with E-state index in [0.717, 1.165) is 128 Å². The maximum absolute atomic E-state index is 13.1. The van der Waals surface area contributed by atoms with Crippen LogP contribution in [-0.2, 0) is 65.4 Å². The summed E-state index contributed by atoms with van der Waals surface area (Å²) < 4.78 is 68.7. The first-order chi connectivity index (χ1) is 48.7. The van der Waals surface area contributed by atoms with E-state index in [9.17, 15) is 43.2 Å². The molecule has 0 saturated carbocycles. The van der Waals surface area contributed by atoms with Gasteiger partial charge < -0.3 is 33.8 Å². The number of phosphoric acid groups is 2. The van der Waals surface area contributed by atoms with E-state index < -0.39 is 97.5 Å². The average molecular weight is 1460 g/mol. The lowest BCUT2D eigenvalue weighted by Gasteiger charge is -2.21. The molecule has 0 amide bonds. The van der Waals surface area contributed by atoms with Crippen molar-refractivity contribution in [3.05, 3.63) is 36.5 Å². The number of carbonyl (C=O) groups is 4. The number of rotatable bonds is 79. The summed E-state index contributed by atoms with van der Waals surface area (Å²) >= 11 is 0. The van der Waals surface area contributed by atoms with Crippen molar-refractivity contribution >= 4 is 39.5 Å². The third kappa shape index (κ3) is 73.6. The highest BCUT2D eigenvalue weighted by atomic mass is 31.2. The van der Waals surface area contributed by atoms with Crippen molar-refractivity contribution in [2.24, 2.45) is 0 Å². The van der Waals surface area contributed by atoms with E-state index in [2.05, 4.69) is 64.2 Å². The quantitative estimate of drug-likeness (QED) is 0.0169. The summed E-state index contributed by atoms with van der Waals surface area (Å²) in [6, 6.07) is 0. The van der Waals surface area contributed by atoms with Gasteiger partial charge in [-0.2, -0.15) is 0 Å². The number of aliphatic hydroxyl groups excluding tert-OH is 1. The second-order valence-corrected chi connectivity index (χ2v) is 31.0. The van der Waals surface area contributed by atoms with Gasteiger partial charge in [-0.3, -0.25) is 37.3 Å². The van der Waals surface area contributed by atoms with Crippen molar-refractivity contribution in [1.29, 1.82) is 0 Å². The van der Waals surface area contributed by atoms with Crippen molar-refractivity contribution in [3.8, 4) is 0 Å². The molecular weight excluding hydrogens is 1310 g/mol. The molecule has 0 bridgehead atoms. The fraction of sp³-hybridized carbons (Fsp3) is 0.877. The number of allylic oxidation sites excluding steroid dienone is 6. The molecule has 2 unspecified atom stereocenters. The summed E-state index contributed by atoms with van der Waals surface area (Å²) in [5.74, 6) is -2.15. The Morgan fingerprint density at radius 1 is 0.280 bits per heavy atom. The molecule has 100 heavy (non-hydrogen) atoms. The number of hydrogen-bond donors (Lipinski definition) is 3. The molecule has 0 saturated heterocycles. The zero-order chi connectivity index (χ0) is 73.2. The number of unbranched alkanes of at least 4 members (excludes halogenated alkanes) is 47. The number of phosphoric ester groups is 2. The maximum Gasteiger partial charge on any atom is 0.472 e. The zero-order valence-electron chi connectivity index (χ0n) is 64.4. The van der Waals surface area contributed by atoms with Crippen LogP contribution in [0.25, 0.3) is 0 Å². The van der Waals surface area contributed by atoms with Crippen LogP contribution in [0.4, 0.5) is 0 Å². The lowest BCUT2D eigenvalue weighted by molar-refractivity contribution is -0.161. The summed E-state index contributed by atoms with van der Waals surface area (Å²) in [5, 5.41) is 10.6. The van der Waals surface area contributed by atoms with Gasteiger partial charge in [0.25, 0.3) is 0 Å². The highest BCUT2D eigenvalue weighted by Gasteiger charge is 2.30. The molecule has 19 heteroatoms. The molecule has 3 N–H and O–H groups in total. The molecule has 0 heterocycles. The fourth-order valence-corrected chi connectivity index (χ4v) is 13.4. The van der Waals surface area contributed by atoms with Crippen molar-refractivity contribution < 1.29 is 80.2 Å². The van der Waals surface area contributed by atoms with Crippen LogP contribution in [0.1, 0.15) is 400 Å². The zero-order valence-corrected chi connectivity index (χ0v) is 66.2. The second-order valence-electron chi connectivity index (χ2n) is 28.1. The monoisotopic (exact) mass is 1460 g/mol. The third-order valence-electron chi connectivity index (χ3n) is 18.1. The van der Waals surface area contributed by atoms with Gasteiger partial charge in [-0.25, -0.2) is 9.13 Å². The van der Waals surface area contributed by atoms with Gasteiger partial charge in [-0.1, -0.05) is 327 Å². The predicted molar refractivity (Wildman–Crippen MR) is 409 cm³/mol. The fourth-order valence-electron chi connectivity index (χ4n) is 11.8. The van der Waals surface area contributed by atoms with Crippen LogP contribution >= 0.6 is 15.6 Å². The van der Waals surface area contributed by atoms with Crippen LogP contribution in [0.15, 0.2) is 36.5 Å². The number of esters is 4. The Kier molecular flexibility index (Phi) is 72.5. The van der Waals surface area contributed by atoms with Crippen molar-refractivity contribution in [2.75, 3.05) is 39.6 Å². The minimum absolute atomic E-state index is 0.0836. The van der Waals surface area contributed by atoms with Gasteiger partial charge >= 0.3 is 39.5 Å². The Morgan fingerprint density at radius 2 is 0.490 bits per heavy atom. The van der Waals surface area contributed by atoms with Crippen LogP contribution in [0.5, 0.6) is 0 Å². The molecular formula is C81H152O17P2. The number of hydrogen-bond acceptors (Lipinski definition) is 15. The van der Waals surface area contributed by atoms with E-state index in [4.69, 9.17) is 37.0 Å². The molecule has 0 aliphatic rings. The van der Waals surface area contributed by atoms with Gasteiger partial charge in [0.05, 0.1) is 26.4 Å². The maximum atomic E-state index is 13.1. The van der Waals surface area contributed by atoms with Crippen LogP contribution in [0, 0.1) is 0 Å². The van der Waals surface area contributed by atoms with E-state index in [1.807, 2.05) is 0 Å². The van der Waals surface area contributed by atoms with E-state index in [-0.39, 0.29) is 25.7 Å². The second kappa shape index (κ2) is 74.5. The molecule has 0 fully saturated rings. The number of aliphatic hydroxyl groups is 1. The highest BCUT2D eigenvalue weighted by Crippen LogP contribution is 2.45. The summed E-state index contributed by atoms with van der Waals surface area (Å²) in [4.78, 5) is 73.0. The number of carbonyl (C=O) groups excluding carboxylic acids is 4. The van der Waals surface area contributed by atoms with Crippen LogP contribution in [0.2, 0.25) is 0 Å². The van der Waals surface area contributed by atoms with Crippen LogP contribution in [-0.4, -0.2) is 96.7 Å². The molecule has 17 nitrogen and oxygen atoms in total. The van der Waals surface area contributed by atoms with Crippen molar-refractivity contribution in [1.82, 2.24) is 0 Å². The van der Waals surface area contributed by atoms with Gasteiger partial charge in [-0.05, 0) is 83.5 Å². The lowest BCUT2D eigenvalue weighted by atomic mass is 10.0. The highest BCUT2D eigenvalue weighted by molar-refractivity contribution is 7.47. The van der Waals surface area contributed by atoms with Gasteiger partial charge in [0.15, 0.2) is 12.2 Å². The molecule has 0 rings (SSSR count). The Labute approximate surface area is 611 Å². The Hall–Kier alpha value is -2.72. The van der Waals surface area contributed by atoms with E-state index in [0.29, 0.717) is 25.7 Å². The minimum Gasteiger partial charge on any atom is -0.462 e. The molecule has 588 valence electrons. The SMILES string of the molecule is CCCCC/C=C\C/C=C\CCCCCCCC(=O)O[C@H](COC(=O)CCCCCCC/C=C\CCCCCCCC)COP(=O)(O)OC[C@@H](O)COP(=O)(O)OC[C@@H](COC(=O)CCCCCCCCCCCCCCCCC)OC(=O)CCCCCCCCCCCCCCCCC. The lowest BCUT2D eigenvalue weighted by Crippen LogP contribution is -2.30. The van der Waals surface area contributed by atoms with E-state index in [1.54, 1.807) is 0 Å². The molecule has 0 radical (unpaired) electrons. The van der Waals surface area contributed by atoms with E-state index in [1.165, 1.54) is 193 Å². The van der Waals surface area contributed by atoms with Crippen LogP contribution < -0.4 is 0 Å². The molecule has 5 atom stereocenters. The first-order valence-electron chi connectivity index (χ1n) is 41.2. The molecule has 0 aromatic rings. The molecule has 0 spiro atoms.